The van der Waals surface area contributed by atoms with Gasteiger partial charge in [0.15, 0.2) is 15.0 Å². The van der Waals surface area contributed by atoms with Crippen molar-refractivity contribution in [3.63, 3.8) is 0 Å². The molecule has 0 saturated carbocycles. The Kier molecular flexibility index (Phi) is 7.16. The van der Waals surface area contributed by atoms with Crippen molar-refractivity contribution in [2.24, 2.45) is 0 Å². The molecule has 31 heavy (non-hydrogen) atoms. The predicted molar refractivity (Wildman–Crippen MR) is 123 cm³/mol. The number of benzene rings is 2. The zero-order valence-electron chi connectivity index (χ0n) is 16.9. The van der Waals surface area contributed by atoms with Gasteiger partial charge < -0.3 is 9.64 Å². The standard InChI is InChI=1S/C21H23ClN4O3S2/c22-18-6-8-19(9-7-18)31(27,28)15-14-30-21-24-23-20(25-10-12-29-13-11-25)26(21)16-17-4-2-1-3-5-17/h1-9H,10-16H2. The lowest BCUT2D eigenvalue weighted by Gasteiger charge is -2.28. The summed E-state index contributed by atoms with van der Waals surface area (Å²) in [7, 11) is -3.40. The molecule has 0 bridgehead atoms. The number of ether oxygens (including phenoxy) is 1. The van der Waals surface area contributed by atoms with Crippen LogP contribution in [-0.2, 0) is 21.1 Å². The van der Waals surface area contributed by atoms with Crippen molar-refractivity contribution in [3.05, 3.63) is 65.2 Å². The molecule has 7 nitrogen and oxygen atoms in total. The van der Waals surface area contributed by atoms with Crippen molar-refractivity contribution < 1.29 is 13.2 Å². The number of hydrogen-bond acceptors (Lipinski definition) is 7. The first-order valence-electron chi connectivity index (χ1n) is 9.94. The number of nitrogens with zero attached hydrogens (tertiary/aromatic N) is 4. The minimum atomic E-state index is -3.40. The quantitative estimate of drug-likeness (QED) is 0.459. The van der Waals surface area contributed by atoms with Gasteiger partial charge in [0.25, 0.3) is 0 Å². The lowest BCUT2D eigenvalue weighted by molar-refractivity contribution is 0.121. The molecule has 1 fully saturated rings. The zero-order chi connectivity index (χ0) is 21.7. The number of hydrogen-bond donors (Lipinski definition) is 0. The number of halogens is 1. The largest absolute Gasteiger partial charge is 0.378 e. The number of thioether (sulfide) groups is 1. The van der Waals surface area contributed by atoms with Gasteiger partial charge in [-0.05, 0) is 29.8 Å². The van der Waals surface area contributed by atoms with Gasteiger partial charge in [-0.15, -0.1) is 10.2 Å². The summed E-state index contributed by atoms with van der Waals surface area (Å²) in [4.78, 5) is 2.44. The van der Waals surface area contributed by atoms with E-state index >= 15 is 0 Å². The highest BCUT2D eigenvalue weighted by atomic mass is 35.5. The van der Waals surface area contributed by atoms with Gasteiger partial charge in [0.1, 0.15) is 0 Å². The van der Waals surface area contributed by atoms with Crippen molar-refractivity contribution in [2.75, 3.05) is 42.7 Å². The minimum absolute atomic E-state index is 0.00435. The highest BCUT2D eigenvalue weighted by Crippen LogP contribution is 2.25. The average Bonchev–Trinajstić information content (AvgIpc) is 3.17. The van der Waals surface area contributed by atoms with Gasteiger partial charge in [0, 0.05) is 23.9 Å². The van der Waals surface area contributed by atoms with Gasteiger partial charge in [-0.2, -0.15) is 0 Å². The molecule has 0 radical (unpaired) electrons. The van der Waals surface area contributed by atoms with Crippen LogP contribution >= 0.6 is 23.4 Å². The fraction of sp³-hybridized carbons (Fsp3) is 0.333. The minimum Gasteiger partial charge on any atom is -0.378 e. The SMILES string of the molecule is O=S(=O)(CCSc1nnc(N2CCOCC2)n1Cc1ccccc1)c1ccc(Cl)cc1. The average molecular weight is 479 g/mol. The third kappa shape index (κ3) is 5.60. The number of morpholine rings is 1. The molecular formula is C21H23ClN4O3S2. The van der Waals surface area contributed by atoms with E-state index in [0.717, 1.165) is 24.6 Å². The molecule has 1 aromatic heterocycles. The maximum Gasteiger partial charge on any atom is 0.228 e. The molecule has 0 aliphatic carbocycles. The first kappa shape index (κ1) is 22.1. The summed E-state index contributed by atoms with van der Waals surface area (Å²) in [5.74, 6) is 1.17. The third-order valence-corrected chi connectivity index (χ3v) is 8.14. The van der Waals surface area contributed by atoms with Crippen LogP contribution in [0.1, 0.15) is 5.56 Å². The first-order valence-corrected chi connectivity index (χ1v) is 13.0. The number of rotatable bonds is 8. The molecule has 1 aliphatic heterocycles. The number of anilines is 1. The second kappa shape index (κ2) is 10.0. The van der Waals surface area contributed by atoms with Gasteiger partial charge >= 0.3 is 0 Å². The first-order chi connectivity index (χ1) is 15.0. The van der Waals surface area contributed by atoms with Crippen molar-refractivity contribution in [2.45, 2.75) is 16.6 Å². The van der Waals surface area contributed by atoms with Crippen LogP contribution in [0.2, 0.25) is 5.02 Å². The van der Waals surface area contributed by atoms with Gasteiger partial charge in [-0.1, -0.05) is 53.7 Å². The monoisotopic (exact) mass is 478 g/mol. The third-order valence-electron chi connectivity index (χ3n) is 4.93. The molecule has 2 heterocycles. The fourth-order valence-electron chi connectivity index (χ4n) is 3.29. The second-order valence-corrected chi connectivity index (χ2v) is 10.7. The summed E-state index contributed by atoms with van der Waals surface area (Å²) >= 11 is 7.27. The van der Waals surface area contributed by atoms with Crippen LogP contribution in [-0.4, -0.2) is 61.0 Å². The highest BCUT2D eigenvalue weighted by Gasteiger charge is 2.22. The van der Waals surface area contributed by atoms with Gasteiger partial charge in [-0.3, -0.25) is 4.57 Å². The number of aromatic nitrogens is 3. The van der Waals surface area contributed by atoms with E-state index in [0.29, 0.717) is 35.7 Å². The summed E-state index contributed by atoms with van der Waals surface area (Å²) in [6.45, 7) is 3.43. The summed E-state index contributed by atoms with van der Waals surface area (Å²) in [5, 5.41) is 10.0. The van der Waals surface area contributed by atoms with E-state index in [9.17, 15) is 8.42 Å². The topological polar surface area (TPSA) is 77.3 Å². The Bertz CT molecular complexity index is 1100. The molecule has 164 valence electrons. The van der Waals surface area contributed by atoms with Crippen LogP contribution in [0.5, 0.6) is 0 Å². The lowest BCUT2D eigenvalue weighted by Crippen LogP contribution is -2.38. The van der Waals surface area contributed by atoms with Crippen molar-refractivity contribution in [1.29, 1.82) is 0 Å². The van der Waals surface area contributed by atoms with E-state index < -0.39 is 9.84 Å². The van der Waals surface area contributed by atoms with Crippen LogP contribution in [0, 0.1) is 0 Å². The smallest absolute Gasteiger partial charge is 0.228 e. The van der Waals surface area contributed by atoms with Crippen LogP contribution in [0.15, 0.2) is 64.6 Å². The van der Waals surface area contributed by atoms with Crippen LogP contribution in [0.4, 0.5) is 5.95 Å². The highest BCUT2D eigenvalue weighted by molar-refractivity contribution is 8.00. The summed E-state index contributed by atoms with van der Waals surface area (Å²) in [6.07, 6.45) is 0. The fourth-order valence-corrected chi connectivity index (χ4v) is 6.00. The second-order valence-electron chi connectivity index (χ2n) is 7.07. The molecule has 0 atom stereocenters. The Hall–Kier alpha value is -2.07. The molecule has 0 spiro atoms. The van der Waals surface area contributed by atoms with E-state index in [1.807, 2.05) is 18.2 Å². The van der Waals surface area contributed by atoms with E-state index in [-0.39, 0.29) is 10.6 Å². The van der Waals surface area contributed by atoms with E-state index in [2.05, 4.69) is 31.8 Å². The molecule has 3 aromatic rings. The van der Waals surface area contributed by atoms with Crippen molar-refractivity contribution in [3.8, 4) is 0 Å². The van der Waals surface area contributed by atoms with Gasteiger partial charge in [0.05, 0.1) is 30.4 Å². The Morgan fingerprint density at radius 1 is 1.00 bits per heavy atom. The van der Waals surface area contributed by atoms with E-state index in [4.69, 9.17) is 16.3 Å². The summed E-state index contributed by atoms with van der Waals surface area (Å²) < 4.78 is 32.8. The van der Waals surface area contributed by atoms with E-state index in [1.165, 1.54) is 23.9 Å². The Balaban J connectivity index is 1.50. The Morgan fingerprint density at radius 2 is 1.71 bits per heavy atom. The van der Waals surface area contributed by atoms with E-state index in [1.54, 1.807) is 12.1 Å². The maximum atomic E-state index is 12.6. The van der Waals surface area contributed by atoms with Gasteiger partial charge in [-0.25, -0.2) is 8.42 Å². The molecule has 1 aliphatic rings. The molecule has 0 amide bonds. The molecule has 0 N–H and O–H groups in total. The predicted octanol–water partition coefficient (Wildman–Crippen LogP) is 3.38. The maximum absolute atomic E-state index is 12.6. The molecule has 10 heteroatoms. The van der Waals surface area contributed by atoms with Crippen LogP contribution < -0.4 is 4.90 Å². The Morgan fingerprint density at radius 3 is 2.42 bits per heavy atom. The molecular weight excluding hydrogens is 456 g/mol. The number of sulfone groups is 1. The summed E-state index contributed by atoms with van der Waals surface area (Å²) in [6, 6.07) is 16.4. The van der Waals surface area contributed by atoms with Gasteiger partial charge in [0.2, 0.25) is 5.95 Å². The summed E-state index contributed by atoms with van der Waals surface area (Å²) in [5.41, 5.74) is 1.13. The molecule has 1 saturated heterocycles. The lowest BCUT2D eigenvalue weighted by atomic mass is 10.2. The molecule has 2 aromatic carbocycles. The van der Waals surface area contributed by atoms with Crippen molar-refractivity contribution >= 4 is 39.1 Å². The zero-order valence-corrected chi connectivity index (χ0v) is 19.2. The Labute approximate surface area is 191 Å². The van der Waals surface area contributed by atoms with Crippen LogP contribution in [0.3, 0.4) is 0 Å². The van der Waals surface area contributed by atoms with Crippen LogP contribution in [0.25, 0.3) is 0 Å². The molecule has 0 unspecified atom stereocenters. The van der Waals surface area contributed by atoms with Crippen molar-refractivity contribution in [1.82, 2.24) is 14.8 Å². The molecule has 4 rings (SSSR count). The normalized spacial score (nSPS) is 14.7.